The molecule has 4 nitrogen and oxygen atoms in total. The minimum Gasteiger partial charge on any atom is -0.508 e. The molecular weight excluding hydrogens is 206 g/mol. The molecule has 0 spiro atoms. The third kappa shape index (κ3) is 3.90. The van der Waals surface area contributed by atoms with Crippen LogP contribution < -0.4 is 5.32 Å². The van der Waals surface area contributed by atoms with E-state index in [1.807, 2.05) is 13.8 Å². The molecule has 0 aliphatic heterocycles. The maximum atomic E-state index is 11.7. The summed E-state index contributed by atoms with van der Waals surface area (Å²) in [5.41, 5.74) is 0.529. The zero-order chi connectivity index (χ0) is 12.0. The van der Waals surface area contributed by atoms with Gasteiger partial charge in [-0.2, -0.15) is 0 Å². The number of phenolic OH excluding ortho intramolecular Hbond substituents is 1. The highest BCUT2D eigenvalue weighted by atomic mass is 16.5. The Hall–Kier alpha value is -1.55. The Bertz CT molecular complexity index is 335. The lowest BCUT2D eigenvalue weighted by Crippen LogP contribution is -2.35. The maximum Gasteiger partial charge on any atom is 0.251 e. The molecule has 0 aliphatic rings. The quantitative estimate of drug-likeness (QED) is 0.796. The molecule has 1 rings (SSSR count). The van der Waals surface area contributed by atoms with Gasteiger partial charge in [0.2, 0.25) is 0 Å². The van der Waals surface area contributed by atoms with Crippen molar-refractivity contribution in [3.05, 3.63) is 29.8 Å². The highest BCUT2D eigenvalue weighted by Gasteiger charge is 2.09. The highest BCUT2D eigenvalue weighted by Crippen LogP contribution is 2.09. The fourth-order valence-corrected chi connectivity index (χ4v) is 1.26. The Morgan fingerprint density at radius 1 is 1.44 bits per heavy atom. The fraction of sp³-hybridized carbons (Fsp3) is 0.417. The van der Waals surface area contributed by atoms with Crippen molar-refractivity contribution in [3.8, 4) is 5.75 Å². The van der Waals surface area contributed by atoms with Gasteiger partial charge in [0, 0.05) is 18.2 Å². The van der Waals surface area contributed by atoms with E-state index in [0.29, 0.717) is 18.8 Å². The number of carbonyl (C=O) groups is 1. The summed E-state index contributed by atoms with van der Waals surface area (Å²) in [4.78, 5) is 11.7. The van der Waals surface area contributed by atoms with Gasteiger partial charge in [-0.15, -0.1) is 0 Å². The molecule has 4 heteroatoms. The van der Waals surface area contributed by atoms with Crippen molar-refractivity contribution in [2.45, 2.75) is 19.9 Å². The van der Waals surface area contributed by atoms with Gasteiger partial charge in [-0.3, -0.25) is 4.79 Å². The Kier molecular flexibility index (Phi) is 4.79. The first-order valence-corrected chi connectivity index (χ1v) is 5.31. The van der Waals surface area contributed by atoms with Crippen LogP contribution in [0, 0.1) is 0 Å². The monoisotopic (exact) mass is 223 g/mol. The van der Waals surface area contributed by atoms with E-state index in [1.165, 1.54) is 12.1 Å². The minimum absolute atomic E-state index is 0.0266. The largest absolute Gasteiger partial charge is 0.508 e. The number of carbonyl (C=O) groups excluding carboxylic acids is 1. The lowest BCUT2D eigenvalue weighted by Gasteiger charge is -2.13. The van der Waals surface area contributed by atoms with Gasteiger partial charge in [0.05, 0.1) is 6.61 Å². The van der Waals surface area contributed by atoms with Crippen molar-refractivity contribution in [3.63, 3.8) is 0 Å². The van der Waals surface area contributed by atoms with Crippen LogP contribution in [0.1, 0.15) is 24.2 Å². The Balaban J connectivity index is 2.48. The SMILES string of the molecule is CCOCC(C)NC(=O)c1ccc(O)cc1. The molecule has 0 aliphatic carbocycles. The minimum atomic E-state index is -0.160. The molecule has 0 heterocycles. The van der Waals surface area contributed by atoms with Crippen LogP contribution in [0.3, 0.4) is 0 Å². The van der Waals surface area contributed by atoms with Crippen molar-refractivity contribution < 1.29 is 14.6 Å². The van der Waals surface area contributed by atoms with Crippen LogP contribution in [-0.4, -0.2) is 30.3 Å². The average molecular weight is 223 g/mol. The fourth-order valence-electron chi connectivity index (χ4n) is 1.26. The van der Waals surface area contributed by atoms with E-state index in [9.17, 15) is 4.79 Å². The number of phenols is 1. The predicted octanol–water partition coefficient (Wildman–Crippen LogP) is 1.55. The van der Waals surface area contributed by atoms with Crippen LogP contribution in [-0.2, 0) is 4.74 Å². The second-order valence-corrected chi connectivity index (χ2v) is 3.58. The van der Waals surface area contributed by atoms with Gasteiger partial charge >= 0.3 is 0 Å². The van der Waals surface area contributed by atoms with E-state index in [-0.39, 0.29) is 17.7 Å². The summed E-state index contributed by atoms with van der Waals surface area (Å²) in [6.45, 7) is 4.93. The van der Waals surface area contributed by atoms with Gasteiger partial charge in [0.25, 0.3) is 5.91 Å². The summed E-state index contributed by atoms with van der Waals surface area (Å²) in [7, 11) is 0. The van der Waals surface area contributed by atoms with Crippen LogP contribution in [0.4, 0.5) is 0 Å². The standard InChI is InChI=1S/C12H17NO3/c1-3-16-8-9(2)13-12(15)10-4-6-11(14)7-5-10/h4-7,9,14H,3,8H2,1-2H3,(H,13,15). The van der Waals surface area contributed by atoms with Gasteiger partial charge in [-0.1, -0.05) is 0 Å². The van der Waals surface area contributed by atoms with Gasteiger partial charge in [-0.25, -0.2) is 0 Å². The lowest BCUT2D eigenvalue weighted by molar-refractivity contribution is 0.0872. The number of rotatable bonds is 5. The van der Waals surface area contributed by atoms with Gasteiger partial charge in [0.15, 0.2) is 0 Å². The summed E-state index contributed by atoms with van der Waals surface area (Å²) in [5, 5.41) is 11.9. The lowest BCUT2D eigenvalue weighted by atomic mass is 10.2. The molecule has 0 bridgehead atoms. The molecular formula is C12H17NO3. The van der Waals surface area contributed by atoms with Crippen molar-refractivity contribution in [2.24, 2.45) is 0 Å². The van der Waals surface area contributed by atoms with Gasteiger partial charge in [0.1, 0.15) is 5.75 Å². The first kappa shape index (κ1) is 12.5. The van der Waals surface area contributed by atoms with E-state index >= 15 is 0 Å². The topological polar surface area (TPSA) is 58.6 Å². The maximum absolute atomic E-state index is 11.7. The third-order valence-electron chi connectivity index (χ3n) is 2.08. The van der Waals surface area contributed by atoms with Crippen LogP contribution >= 0.6 is 0 Å². The third-order valence-corrected chi connectivity index (χ3v) is 2.08. The number of ether oxygens (including phenoxy) is 1. The molecule has 0 fully saturated rings. The molecule has 1 amide bonds. The van der Waals surface area contributed by atoms with Crippen LogP contribution in [0.2, 0.25) is 0 Å². The van der Waals surface area contributed by atoms with Crippen LogP contribution in [0.25, 0.3) is 0 Å². The second kappa shape index (κ2) is 6.12. The number of benzene rings is 1. The van der Waals surface area contributed by atoms with Crippen molar-refractivity contribution >= 4 is 5.91 Å². The molecule has 0 aromatic heterocycles. The summed E-state index contributed by atoms with van der Waals surface area (Å²) in [5.74, 6) is -0.00822. The average Bonchev–Trinajstić information content (AvgIpc) is 2.27. The molecule has 1 aromatic carbocycles. The molecule has 1 atom stereocenters. The molecule has 0 saturated heterocycles. The number of hydrogen-bond acceptors (Lipinski definition) is 3. The Morgan fingerprint density at radius 3 is 2.62 bits per heavy atom. The Morgan fingerprint density at radius 2 is 2.06 bits per heavy atom. The summed E-state index contributed by atoms with van der Waals surface area (Å²) in [6.07, 6.45) is 0. The first-order chi connectivity index (χ1) is 7.63. The zero-order valence-electron chi connectivity index (χ0n) is 9.56. The van der Waals surface area contributed by atoms with Crippen molar-refractivity contribution in [1.82, 2.24) is 5.32 Å². The number of nitrogens with one attached hydrogen (secondary N) is 1. The molecule has 0 saturated carbocycles. The first-order valence-electron chi connectivity index (χ1n) is 5.31. The van der Waals surface area contributed by atoms with E-state index in [2.05, 4.69) is 5.32 Å². The molecule has 2 N–H and O–H groups in total. The summed E-state index contributed by atoms with van der Waals surface area (Å²) >= 11 is 0. The molecule has 16 heavy (non-hydrogen) atoms. The van der Waals surface area contributed by atoms with E-state index in [4.69, 9.17) is 9.84 Å². The van der Waals surface area contributed by atoms with Gasteiger partial charge in [-0.05, 0) is 38.1 Å². The molecule has 0 radical (unpaired) electrons. The van der Waals surface area contributed by atoms with Crippen LogP contribution in [0.5, 0.6) is 5.75 Å². The van der Waals surface area contributed by atoms with E-state index in [1.54, 1.807) is 12.1 Å². The number of aromatic hydroxyl groups is 1. The number of amides is 1. The van der Waals surface area contributed by atoms with E-state index in [0.717, 1.165) is 0 Å². The molecule has 1 aromatic rings. The van der Waals surface area contributed by atoms with Gasteiger partial charge < -0.3 is 15.2 Å². The van der Waals surface area contributed by atoms with Crippen molar-refractivity contribution in [2.75, 3.05) is 13.2 Å². The molecule has 88 valence electrons. The zero-order valence-corrected chi connectivity index (χ0v) is 9.56. The van der Waals surface area contributed by atoms with Crippen LogP contribution in [0.15, 0.2) is 24.3 Å². The second-order valence-electron chi connectivity index (χ2n) is 3.58. The number of hydrogen-bond donors (Lipinski definition) is 2. The molecule has 1 unspecified atom stereocenters. The van der Waals surface area contributed by atoms with Crippen molar-refractivity contribution in [1.29, 1.82) is 0 Å². The summed E-state index contributed by atoms with van der Waals surface area (Å²) in [6, 6.07) is 6.11. The summed E-state index contributed by atoms with van der Waals surface area (Å²) < 4.78 is 5.20. The van der Waals surface area contributed by atoms with E-state index < -0.39 is 0 Å². The normalized spacial score (nSPS) is 12.1. The predicted molar refractivity (Wildman–Crippen MR) is 61.5 cm³/mol. The smallest absolute Gasteiger partial charge is 0.251 e. The Labute approximate surface area is 95.2 Å². The highest BCUT2D eigenvalue weighted by molar-refractivity contribution is 5.94.